The number of ether oxygens (including phenoxy) is 2. The number of aromatic nitrogens is 1. The van der Waals surface area contributed by atoms with E-state index >= 15 is 0 Å². The van der Waals surface area contributed by atoms with Crippen LogP contribution in [0.5, 0.6) is 0 Å². The number of carbonyl (C=O) groups is 2. The Balaban J connectivity index is 1.48. The van der Waals surface area contributed by atoms with Gasteiger partial charge in [0, 0.05) is 25.3 Å². The Morgan fingerprint density at radius 3 is 2.56 bits per heavy atom. The van der Waals surface area contributed by atoms with Crippen molar-refractivity contribution in [1.29, 1.82) is 0 Å². The first-order chi connectivity index (χ1) is 17.0. The number of sulfone groups is 1. The van der Waals surface area contributed by atoms with Crippen LogP contribution >= 0.6 is 0 Å². The molecule has 0 aliphatic carbocycles. The first kappa shape index (κ1) is 26.1. The number of hydrogen-bond acceptors (Lipinski definition) is 7. The molecule has 1 aromatic carbocycles. The maximum absolute atomic E-state index is 13.0. The van der Waals surface area contributed by atoms with Crippen molar-refractivity contribution in [2.24, 2.45) is 5.92 Å². The molecule has 2 aromatic rings. The van der Waals surface area contributed by atoms with Crippen molar-refractivity contribution in [2.75, 3.05) is 19.0 Å². The summed E-state index contributed by atoms with van der Waals surface area (Å²) in [6, 6.07) is 8.01. The van der Waals surface area contributed by atoms with Gasteiger partial charge in [-0.1, -0.05) is 19.1 Å². The van der Waals surface area contributed by atoms with Crippen molar-refractivity contribution >= 4 is 21.8 Å². The van der Waals surface area contributed by atoms with Crippen molar-refractivity contribution in [1.82, 2.24) is 15.2 Å². The second-order valence-electron chi connectivity index (χ2n) is 10.2. The second kappa shape index (κ2) is 10.2. The van der Waals surface area contributed by atoms with Crippen molar-refractivity contribution in [3.8, 4) is 0 Å². The maximum atomic E-state index is 13.0. The summed E-state index contributed by atoms with van der Waals surface area (Å²) in [6.45, 7) is 8.85. The molecule has 2 unspecified atom stereocenters. The summed E-state index contributed by atoms with van der Waals surface area (Å²) in [7, 11) is -3.27. The fourth-order valence-corrected chi connectivity index (χ4v) is 5.40. The molecule has 1 saturated heterocycles. The van der Waals surface area contributed by atoms with Crippen LogP contribution in [0.25, 0.3) is 0 Å². The SMILES string of the molecule is CCS(=O)(=O)c1ccc(CNC(=O)c2cnc3c(c2)CN(C(=O)OC(C)(C)C)C3C2CCOC2)cc1. The van der Waals surface area contributed by atoms with E-state index in [4.69, 9.17) is 9.47 Å². The number of fused-ring (bicyclic) bond motifs is 1. The van der Waals surface area contributed by atoms with Gasteiger partial charge >= 0.3 is 6.09 Å². The molecule has 4 rings (SSSR count). The Kier molecular flexibility index (Phi) is 7.38. The molecule has 2 aliphatic heterocycles. The van der Waals surface area contributed by atoms with Crippen molar-refractivity contribution in [2.45, 2.75) is 63.7 Å². The smallest absolute Gasteiger partial charge is 0.411 e. The summed E-state index contributed by atoms with van der Waals surface area (Å²) in [5, 5.41) is 2.86. The number of rotatable bonds is 6. The van der Waals surface area contributed by atoms with Gasteiger partial charge in [-0.3, -0.25) is 14.7 Å². The quantitative estimate of drug-likeness (QED) is 0.625. The van der Waals surface area contributed by atoms with Gasteiger partial charge in [0.25, 0.3) is 5.91 Å². The summed E-state index contributed by atoms with van der Waals surface area (Å²) < 4.78 is 35.2. The number of nitrogens with one attached hydrogen (secondary N) is 1. The predicted octanol–water partition coefficient (Wildman–Crippen LogP) is 3.63. The third-order valence-electron chi connectivity index (χ3n) is 6.38. The monoisotopic (exact) mass is 515 g/mol. The zero-order chi connectivity index (χ0) is 26.1. The fourth-order valence-electron chi connectivity index (χ4n) is 4.51. The molecule has 0 radical (unpaired) electrons. The Hall–Kier alpha value is -2.98. The lowest BCUT2D eigenvalue weighted by Crippen LogP contribution is -2.38. The average molecular weight is 516 g/mol. The van der Waals surface area contributed by atoms with Gasteiger partial charge in [0.2, 0.25) is 0 Å². The zero-order valence-electron chi connectivity index (χ0n) is 21.1. The molecule has 3 heterocycles. The third kappa shape index (κ3) is 5.70. The minimum absolute atomic E-state index is 0.0361. The van der Waals surface area contributed by atoms with E-state index in [-0.39, 0.29) is 35.1 Å². The van der Waals surface area contributed by atoms with Gasteiger partial charge in [-0.05, 0) is 56.5 Å². The van der Waals surface area contributed by atoms with Crippen molar-refractivity contribution in [3.05, 3.63) is 58.9 Å². The molecule has 9 nitrogen and oxygen atoms in total. The van der Waals surface area contributed by atoms with Gasteiger partial charge in [-0.2, -0.15) is 0 Å². The highest BCUT2D eigenvalue weighted by Crippen LogP contribution is 2.41. The van der Waals surface area contributed by atoms with Gasteiger partial charge in [-0.25, -0.2) is 13.2 Å². The first-order valence-electron chi connectivity index (χ1n) is 12.1. The molecule has 1 N–H and O–H groups in total. The van der Waals surface area contributed by atoms with Crippen LogP contribution in [-0.4, -0.2) is 54.9 Å². The van der Waals surface area contributed by atoms with E-state index in [1.165, 1.54) is 6.20 Å². The van der Waals surface area contributed by atoms with E-state index in [0.29, 0.717) is 25.3 Å². The number of nitrogens with zero attached hydrogens (tertiary/aromatic N) is 2. The van der Waals surface area contributed by atoms with Crippen LogP contribution in [0.3, 0.4) is 0 Å². The number of hydrogen-bond donors (Lipinski definition) is 1. The van der Waals surface area contributed by atoms with E-state index in [9.17, 15) is 18.0 Å². The minimum atomic E-state index is -3.27. The van der Waals surface area contributed by atoms with Crippen molar-refractivity contribution < 1.29 is 27.5 Å². The minimum Gasteiger partial charge on any atom is -0.444 e. The molecular formula is C26H33N3O6S. The summed E-state index contributed by atoms with van der Waals surface area (Å²) in [4.78, 5) is 32.4. The van der Waals surface area contributed by atoms with E-state index in [0.717, 1.165) is 23.2 Å². The third-order valence-corrected chi connectivity index (χ3v) is 8.13. The van der Waals surface area contributed by atoms with Crippen LogP contribution in [-0.2, 0) is 32.4 Å². The number of amides is 2. The van der Waals surface area contributed by atoms with E-state index in [1.807, 2.05) is 20.8 Å². The van der Waals surface area contributed by atoms with Crippen LogP contribution in [0.15, 0.2) is 41.4 Å². The summed E-state index contributed by atoms with van der Waals surface area (Å²) in [6.07, 6.45) is 1.95. The van der Waals surface area contributed by atoms with E-state index < -0.39 is 21.5 Å². The van der Waals surface area contributed by atoms with Gasteiger partial charge in [0.15, 0.2) is 9.84 Å². The molecule has 1 aromatic heterocycles. The molecule has 0 saturated carbocycles. The maximum Gasteiger partial charge on any atom is 0.411 e. The lowest BCUT2D eigenvalue weighted by molar-refractivity contribution is 0.00997. The van der Waals surface area contributed by atoms with Gasteiger partial charge in [-0.15, -0.1) is 0 Å². The average Bonchev–Trinajstić information content (AvgIpc) is 3.49. The Morgan fingerprint density at radius 2 is 1.94 bits per heavy atom. The molecule has 10 heteroatoms. The number of carbonyl (C=O) groups excluding carboxylic acids is 2. The van der Waals surface area contributed by atoms with Gasteiger partial charge in [0.1, 0.15) is 5.60 Å². The Morgan fingerprint density at radius 1 is 1.22 bits per heavy atom. The highest BCUT2D eigenvalue weighted by molar-refractivity contribution is 7.91. The largest absolute Gasteiger partial charge is 0.444 e. The molecule has 0 spiro atoms. The second-order valence-corrected chi connectivity index (χ2v) is 12.5. The van der Waals surface area contributed by atoms with Gasteiger partial charge in [0.05, 0.1) is 41.1 Å². The van der Waals surface area contributed by atoms with Crippen LogP contribution in [0.2, 0.25) is 0 Å². The van der Waals surface area contributed by atoms with E-state index in [2.05, 4.69) is 10.3 Å². The molecule has 0 bridgehead atoms. The molecule has 194 valence electrons. The first-order valence-corrected chi connectivity index (χ1v) is 13.8. The lowest BCUT2D eigenvalue weighted by Gasteiger charge is -2.31. The van der Waals surface area contributed by atoms with Crippen LogP contribution < -0.4 is 5.32 Å². The highest BCUT2D eigenvalue weighted by atomic mass is 32.2. The molecule has 36 heavy (non-hydrogen) atoms. The zero-order valence-corrected chi connectivity index (χ0v) is 21.9. The molecular weight excluding hydrogens is 482 g/mol. The van der Waals surface area contributed by atoms with Crippen LogP contribution in [0.4, 0.5) is 4.79 Å². The lowest BCUT2D eigenvalue weighted by atomic mass is 9.95. The Labute approximate surface area is 212 Å². The Bertz CT molecular complexity index is 1230. The van der Waals surface area contributed by atoms with Crippen molar-refractivity contribution in [3.63, 3.8) is 0 Å². The van der Waals surface area contributed by atoms with Gasteiger partial charge < -0.3 is 14.8 Å². The topological polar surface area (TPSA) is 115 Å². The molecule has 1 fully saturated rings. The summed E-state index contributed by atoms with van der Waals surface area (Å²) in [5.74, 6) is -0.147. The summed E-state index contributed by atoms with van der Waals surface area (Å²) in [5.41, 5.74) is 2.15. The number of pyridine rings is 1. The fraction of sp³-hybridized carbons (Fsp3) is 0.500. The predicted molar refractivity (Wildman–Crippen MR) is 133 cm³/mol. The molecule has 2 amide bonds. The standard InChI is InChI=1S/C26H33N3O6S/c1-5-36(32,33)21-8-6-17(7-9-21)13-28-24(30)19-12-20-15-29(25(31)35-26(2,3)4)23(22(20)27-14-19)18-10-11-34-16-18/h6-9,12,14,18,23H,5,10-11,13,15-16H2,1-4H3,(H,28,30). The summed E-state index contributed by atoms with van der Waals surface area (Å²) >= 11 is 0. The molecule has 2 atom stereocenters. The number of benzene rings is 1. The normalized spacial score (nSPS) is 19.7. The highest BCUT2D eigenvalue weighted by Gasteiger charge is 2.43. The van der Waals surface area contributed by atoms with Crippen LogP contribution in [0, 0.1) is 5.92 Å². The van der Waals surface area contributed by atoms with E-state index in [1.54, 1.807) is 42.2 Å². The molecule has 2 aliphatic rings. The van der Waals surface area contributed by atoms with Crippen LogP contribution in [0.1, 0.15) is 67.3 Å².